The molecule has 1 heterocycles. The Morgan fingerprint density at radius 2 is 2.35 bits per heavy atom. The lowest BCUT2D eigenvalue weighted by Gasteiger charge is -2.21. The predicted molar refractivity (Wildman–Crippen MR) is 72.8 cm³/mol. The van der Waals surface area contributed by atoms with E-state index >= 15 is 0 Å². The number of nitrogens with two attached hydrogens (primary N) is 1. The quantitative estimate of drug-likeness (QED) is 0.374. The van der Waals surface area contributed by atoms with Crippen LogP contribution in [0.1, 0.15) is 31.2 Å². The second-order valence-electron chi connectivity index (χ2n) is 4.52. The second kappa shape index (κ2) is 6.02. The molecule has 0 unspecified atom stereocenters. The van der Waals surface area contributed by atoms with Gasteiger partial charge in [0.15, 0.2) is 0 Å². The highest BCUT2D eigenvalue weighted by Gasteiger charge is 2.16. The number of guanidine groups is 1. The zero-order chi connectivity index (χ0) is 12.1. The van der Waals surface area contributed by atoms with Gasteiger partial charge in [0.25, 0.3) is 0 Å². The van der Waals surface area contributed by atoms with Crippen molar-refractivity contribution in [2.75, 3.05) is 7.05 Å². The van der Waals surface area contributed by atoms with Crippen LogP contribution in [0.25, 0.3) is 0 Å². The number of nitrogens with one attached hydrogen (secondary N) is 1. The van der Waals surface area contributed by atoms with E-state index in [2.05, 4.69) is 32.1 Å². The van der Waals surface area contributed by atoms with Gasteiger partial charge in [0.05, 0.1) is 6.04 Å². The summed E-state index contributed by atoms with van der Waals surface area (Å²) in [5.74, 6) is 6.36. The normalized spacial score (nSPS) is 17.4. The zero-order valence-electron chi connectivity index (χ0n) is 10.2. The molecule has 0 amide bonds. The fourth-order valence-corrected chi connectivity index (χ4v) is 2.84. The summed E-state index contributed by atoms with van der Waals surface area (Å²) in [5.41, 5.74) is 4.02. The van der Waals surface area contributed by atoms with Crippen LogP contribution in [0.5, 0.6) is 0 Å². The third kappa shape index (κ3) is 3.44. The molecule has 0 atom stereocenters. The van der Waals surface area contributed by atoms with Crippen molar-refractivity contribution in [2.45, 2.75) is 38.3 Å². The summed E-state index contributed by atoms with van der Waals surface area (Å²) in [6, 6.07) is 2.58. The molecule has 1 aromatic rings. The molecule has 1 aliphatic rings. The van der Waals surface area contributed by atoms with Crippen LogP contribution >= 0.6 is 11.3 Å². The van der Waals surface area contributed by atoms with Gasteiger partial charge in [-0.1, -0.05) is 12.8 Å². The first-order chi connectivity index (χ1) is 8.29. The summed E-state index contributed by atoms with van der Waals surface area (Å²) in [5, 5.41) is 4.24. The SMILES string of the molecule is CN(Cc1ccsc1)C(=NC1CCCC1)NN. The van der Waals surface area contributed by atoms with Gasteiger partial charge in [-0.05, 0) is 35.2 Å². The molecule has 94 valence electrons. The Labute approximate surface area is 107 Å². The van der Waals surface area contributed by atoms with Gasteiger partial charge in [-0.2, -0.15) is 11.3 Å². The van der Waals surface area contributed by atoms with E-state index in [0.717, 1.165) is 12.5 Å². The Kier molecular flexibility index (Phi) is 4.39. The zero-order valence-corrected chi connectivity index (χ0v) is 11.0. The van der Waals surface area contributed by atoms with Gasteiger partial charge in [-0.15, -0.1) is 0 Å². The second-order valence-corrected chi connectivity index (χ2v) is 5.30. The molecule has 0 bridgehead atoms. The number of aliphatic imine (C=N–C) groups is 1. The Morgan fingerprint density at radius 1 is 1.59 bits per heavy atom. The number of hydrazine groups is 1. The molecule has 1 aliphatic carbocycles. The monoisotopic (exact) mass is 252 g/mol. The smallest absolute Gasteiger partial charge is 0.208 e. The van der Waals surface area contributed by atoms with Crippen LogP contribution in [0.4, 0.5) is 0 Å². The Hall–Kier alpha value is -1.07. The lowest BCUT2D eigenvalue weighted by Crippen LogP contribution is -2.43. The molecule has 0 aliphatic heterocycles. The molecule has 3 N–H and O–H groups in total. The Morgan fingerprint density at radius 3 is 2.94 bits per heavy atom. The summed E-state index contributed by atoms with van der Waals surface area (Å²) in [7, 11) is 2.02. The van der Waals surface area contributed by atoms with E-state index in [1.165, 1.54) is 31.2 Å². The van der Waals surface area contributed by atoms with Crippen LogP contribution in [0, 0.1) is 0 Å². The first-order valence-corrected chi connectivity index (χ1v) is 7.00. The molecule has 2 rings (SSSR count). The molecule has 0 aromatic carbocycles. The van der Waals surface area contributed by atoms with Crippen LogP contribution in [0.15, 0.2) is 21.8 Å². The molecule has 0 saturated heterocycles. The van der Waals surface area contributed by atoms with E-state index < -0.39 is 0 Å². The summed E-state index contributed by atoms with van der Waals surface area (Å²) < 4.78 is 0. The maximum absolute atomic E-state index is 5.56. The minimum absolute atomic E-state index is 0.450. The Balaban J connectivity index is 1.96. The van der Waals surface area contributed by atoms with Crippen LogP contribution < -0.4 is 11.3 Å². The maximum atomic E-state index is 5.56. The number of hydrogen-bond donors (Lipinski definition) is 2. The summed E-state index contributed by atoms with van der Waals surface area (Å²) in [4.78, 5) is 6.75. The summed E-state index contributed by atoms with van der Waals surface area (Å²) in [6.45, 7) is 0.846. The van der Waals surface area contributed by atoms with Crippen molar-refractivity contribution >= 4 is 17.3 Å². The highest BCUT2D eigenvalue weighted by atomic mass is 32.1. The van der Waals surface area contributed by atoms with Gasteiger partial charge >= 0.3 is 0 Å². The van der Waals surface area contributed by atoms with Gasteiger partial charge in [0.1, 0.15) is 0 Å². The van der Waals surface area contributed by atoms with Crippen LogP contribution in [-0.4, -0.2) is 23.9 Å². The summed E-state index contributed by atoms with van der Waals surface area (Å²) >= 11 is 1.72. The molecule has 1 saturated carbocycles. The van der Waals surface area contributed by atoms with Crippen molar-refractivity contribution in [2.24, 2.45) is 10.8 Å². The van der Waals surface area contributed by atoms with Crippen molar-refractivity contribution in [3.63, 3.8) is 0 Å². The van der Waals surface area contributed by atoms with Gasteiger partial charge in [-0.3, -0.25) is 5.43 Å². The van der Waals surface area contributed by atoms with Crippen molar-refractivity contribution in [3.05, 3.63) is 22.4 Å². The van der Waals surface area contributed by atoms with Gasteiger partial charge in [0.2, 0.25) is 5.96 Å². The lowest BCUT2D eigenvalue weighted by atomic mass is 10.3. The molecule has 17 heavy (non-hydrogen) atoms. The largest absolute Gasteiger partial charge is 0.341 e. The number of rotatable bonds is 3. The lowest BCUT2D eigenvalue weighted by molar-refractivity contribution is 0.472. The van der Waals surface area contributed by atoms with Crippen LogP contribution in [0.3, 0.4) is 0 Å². The van der Waals surface area contributed by atoms with E-state index in [-0.39, 0.29) is 0 Å². The third-order valence-electron chi connectivity index (χ3n) is 3.12. The van der Waals surface area contributed by atoms with E-state index in [4.69, 9.17) is 5.84 Å². The van der Waals surface area contributed by atoms with E-state index in [9.17, 15) is 0 Å². The minimum Gasteiger partial charge on any atom is -0.341 e. The van der Waals surface area contributed by atoms with Crippen molar-refractivity contribution in [1.82, 2.24) is 10.3 Å². The molecule has 4 nitrogen and oxygen atoms in total. The van der Waals surface area contributed by atoms with E-state index in [1.807, 2.05) is 7.05 Å². The molecular formula is C12H20N4S. The van der Waals surface area contributed by atoms with Crippen molar-refractivity contribution in [1.29, 1.82) is 0 Å². The highest BCUT2D eigenvalue weighted by Crippen LogP contribution is 2.21. The maximum Gasteiger partial charge on any atom is 0.208 e. The van der Waals surface area contributed by atoms with Gasteiger partial charge in [0, 0.05) is 13.6 Å². The average molecular weight is 252 g/mol. The van der Waals surface area contributed by atoms with E-state index in [0.29, 0.717) is 6.04 Å². The van der Waals surface area contributed by atoms with Crippen molar-refractivity contribution < 1.29 is 0 Å². The number of hydrogen-bond acceptors (Lipinski definition) is 3. The first-order valence-electron chi connectivity index (χ1n) is 6.06. The minimum atomic E-state index is 0.450. The number of thiophene rings is 1. The first kappa shape index (κ1) is 12.4. The number of nitrogens with zero attached hydrogens (tertiary/aromatic N) is 2. The molecule has 0 radical (unpaired) electrons. The topological polar surface area (TPSA) is 53.6 Å². The Bertz CT molecular complexity index is 355. The molecule has 1 fully saturated rings. The fraction of sp³-hybridized carbons (Fsp3) is 0.583. The molecule has 5 heteroatoms. The van der Waals surface area contributed by atoms with Crippen LogP contribution in [0.2, 0.25) is 0 Å². The highest BCUT2D eigenvalue weighted by molar-refractivity contribution is 7.07. The molecular weight excluding hydrogens is 232 g/mol. The average Bonchev–Trinajstić information content (AvgIpc) is 2.97. The van der Waals surface area contributed by atoms with Crippen LogP contribution in [-0.2, 0) is 6.54 Å². The summed E-state index contributed by atoms with van der Waals surface area (Å²) in [6.07, 6.45) is 4.97. The third-order valence-corrected chi connectivity index (χ3v) is 3.85. The van der Waals surface area contributed by atoms with Gasteiger partial charge in [-0.25, -0.2) is 10.8 Å². The van der Waals surface area contributed by atoms with Gasteiger partial charge < -0.3 is 4.90 Å². The standard InChI is InChI=1S/C12H20N4S/c1-16(8-10-6-7-17-9-10)12(15-13)14-11-4-2-3-5-11/h6-7,9,11H,2-5,8,13H2,1H3,(H,14,15). The van der Waals surface area contributed by atoms with Crippen molar-refractivity contribution in [3.8, 4) is 0 Å². The predicted octanol–water partition coefficient (Wildman–Crippen LogP) is 1.94. The molecule has 1 aromatic heterocycles. The van der Waals surface area contributed by atoms with E-state index in [1.54, 1.807) is 11.3 Å². The molecule has 0 spiro atoms. The fourth-order valence-electron chi connectivity index (χ4n) is 2.18.